The average molecular weight is 285 g/mol. The summed E-state index contributed by atoms with van der Waals surface area (Å²) in [7, 11) is 0. The van der Waals surface area contributed by atoms with Gasteiger partial charge in [0.15, 0.2) is 0 Å². The van der Waals surface area contributed by atoms with Crippen LogP contribution in [0.3, 0.4) is 0 Å². The Morgan fingerprint density at radius 3 is 2.43 bits per heavy atom. The maximum atomic E-state index is 12.2. The highest BCUT2D eigenvalue weighted by molar-refractivity contribution is 6.05. The molecule has 3 N–H and O–H groups in total. The monoisotopic (exact) mass is 285 g/mol. The number of non-ortho nitro benzene ring substituents is 1. The average Bonchev–Trinajstić information content (AvgIpc) is 2.43. The molecule has 0 aliphatic carbocycles. The molecule has 0 spiro atoms. The van der Waals surface area contributed by atoms with Crippen LogP contribution in [0.5, 0.6) is 0 Å². The van der Waals surface area contributed by atoms with Crippen molar-refractivity contribution in [3.05, 3.63) is 63.2 Å². The van der Waals surface area contributed by atoms with Crippen LogP contribution in [0, 0.1) is 24.0 Å². The number of benzene rings is 2. The lowest BCUT2D eigenvalue weighted by Crippen LogP contribution is -2.13. The Kier molecular flexibility index (Phi) is 3.89. The molecule has 6 nitrogen and oxygen atoms in total. The maximum Gasteiger partial charge on any atom is 0.269 e. The van der Waals surface area contributed by atoms with Crippen molar-refractivity contribution in [2.45, 2.75) is 13.8 Å². The Labute approximate surface area is 121 Å². The third-order valence-electron chi connectivity index (χ3n) is 3.20. The Morgan fingerprint density at radius 2 is 1.86 bits per heavy atom. The van der Waals surface area contributed by atoms with Crippen LogP contribution in [0.15, 0.2) is 36.4 Å². The van der Waals surface area contributed by atoms with Crippen LogP contribution in [-0.4, -0.2) is 10.8 Å². The van der Waals surface area contributed by atoms with Crippen molar-refractivity contribution in [2.24, 2.45) is 0 Å². The number of anilines is 2. The molecule has 0 bridgehead atoms. The molecule has 2 aromatic rings. The van der Waals surface area contributed by atoms with E-state index in [1.54, 1.807) is 25.1 Å². The van der Waals surface area contributed by atoms with E-state index < -0.39 is 4.92 Å². The molecular weight excluding hydrogens is 270 g/mol. The van der Waals surface area contributed by atoms with Gasteiger partial charge in [0.25, 0.3) is 11.6 Å². The first-order valence-corrected chi connectivity index (χ1v) is 6.31. The zero-order chi connectivity index (χ0) is 15.6. The number of carbonyl (C=O) groups excluding carboxylic acids is 1. The lowest BCUT2D eigenvalue weighted by Gasteiger charge is -2.09. The largest absolute Gasteiger partial charge is 0.399 e. The zero-order valence-electron chi connectivity index (χ0n) is 11.7. The molecule has 6 heteroatoms. The SMILES string of the molecule is Cc1cc(C(=O)Nc2ccc([N+](=O)[O-])cc2C)ccc1N. The fraction of sp³-hybridized carbons (Fsp3) is 0.133. The molecule has 0 atom stereocenters. The van der Waals surface area contributed by atoms with Crippen molar-refractivity contribution < 1.29 is 9.72 Å². The highest BCUT2D eigenvalue weighted by Gasteiger charge is 2.12. The van der Waals surface area contributed by atoms with E-state index in [4.69, 9.17) is 5.73 Å². The molecular formula is C15H15N3O3. The summed E-state index contributed by atoms with van der Waals surface area (Å²) in [4.78, 5) is 22.4. The first kappa shape index (κ1) is 14.5. The summed E-state index contributed by atoms with van der Waals surface area (Å²) < 4.78 is 0. The van der Waals surface area contributed by atoms with Gasteiger partial charge in [0, 0.05) is 29.1 Å². The minimum absolute atomic E-state index is 0.00571. The maximum absolute atomic E-state index is 12.2. The van der Waals surface area contributed by atoms with Crippen molar-refractivity contribution in [1.29, 1.82) is 0 Å². The van der Waals surface area contributed by atoms with Gasteiger partial charge in [0.1, 0.15) is 0 Å². The number of nitrogens with zero attached hydrogens (tertiary/aromatic N) is 1. The smallest absolute Gasteiger partial charge is 0.269 e. The molecule has 2 rings (SSSR count). The van der Waals surface area contributed by atoms with Crippen LogP contribution >= 0.6 is 0 Å². The zero-order valence-corrected chi connectivity index (χ0v) is 11.7. The van der Waals surface area contributed by atoms with Gasteiger partial charge in [-0.15, -0.1) is 0 Å². The predicted molar refractivity (Wildman–Crippen MR) is 81.4 cm³/mol. The van der Waals surface area contributed by atoms with Crippen LogP contribution < -0.4 is 11.1 Å². The van der Waals surface area contributed by atoms with E-state index >= 15 is 0 Å². The normalized spacial score (nSPS) is 10.2. The quantitative estimate of drug-likeness (QED) is 0.514. The number of nitrogens with one attached hydrogen (secondary N) is 1. The number of nitro groups is 1. The van der Waals surface area contributed by atoms with Gasteiger partial charge in [0.2, 0.25) is 0 Å². The number of hydrogen-bond acceptors (Lipinski definition) is 4. The summed E-state index contributed by atoms with van der Waals surface area (Å²) >= 11 is 0. The predicted octanol–water partition coefficient (Wildman–Crippen LogP) is 3.05. The number of nitrogens with two attached hydrogens (primary N) is 1. The van der Waals surface area contributed by atoms with Gasteiger partial charge in [0.05, 0.1) is 4.92 Å². The lowest BCUT2D eigenvalue weighted by atomic mass is 10.1. The molecule has 21 heavy (non-hydrogen) atoms. The summed E-state index contributed by atoms with van der Waals surface area (Å²) in [5.74, 6) is -0.282. The van der Waals surface area contributed by atoms with Crippen LogP contribution in [0.1, 0.15) is 21.5 Å². The highest BCUT2D eigenvalue weighted by atomic mass is 16.6. The second-order valence-corrected chi connectivity index (χ2v) is 4.78. The lowest BCUT2D eigenvalue weighted by molar-refractivity contribution is -0.384. The molecule has 2 aromatic carbocycles. The molecule has 108 valence electrons. The van der Waals surface area contributed by atoms with E-state index in [2.05, 4.69) is 5.32 Å². The van der Waals surface area contributed by atoms with E-state index in [-0.39, 0.29) is 11.6 Å². The number of aryl methyl sites for hydroxylation is 2. The number of carbonyl (C=O) groups is 1. The minimum Gasteiger partial charge on any atom is -0.399 e. The third-order valence-corrected chi connectivity index (χ3v) is 3.20. The topological polar surface area (TPSA) is 98.3 Å². The van der Waals surface area contributed by atoms with Gasteiger partial charge in [-0.3, -0.25) is 14.9 Å². The molecule has 0 saturated heterocycles. The fourth-order valence-corrected chi connectivity index (χ4v) is 1.91. The van der Waals surface area contributed by atoms with Gasteiger partial charge in [-0.05, 0) is 49.2 Å². The van der Waals surface area contributed by atoms with Gasteiger partial charge in [-0.2, -0.15) is 0 Å². The summed E-state index contributed by atoms with van der Waals surface area (Å²) in [6.07, 6.45) is 0. The van der Waals surface area contributed by atoms with Crippen molar-refractivity contribution in [3.8, 4) is 0 Å². The first-order valence-electron chi connectivity index (χ1n) is 6.31. The van der Waals surface area contributed by atoms with Gasteiger partial charge in [-0.25, -0.2) is 0 Å². The van der Waals surface area contributed by atoms with E-state index in [9.17, 15) is 14.9 Å². The fourth-order valence-electron chi connectivity index (χ4n) is 1.91. The Morgan fingerprint density at radius 1 is 1.14 bits per heavy atom. The molecule has 0 unspecified atom stereocenters. The van der Waals surface area contributed by atoms with Crippen LogP contribution in [0.25, 0.3) is 0 Å². The van der Waals surface area contributed by atoms with Gasteiger partial charge >= 0.3 is 0 Å². The van der Waals surface area contributed by atoms with E-state index in [0.717, 1.165) is 5.56 Å². The molecule has 0 heterocycles. The molecule has 0 fully saturated rings. The van der Waals surface area contributed by atoms with Crippen LogP contribution in [0.2, 0.25) is 0 Å². The van der Waals surface area contributed by atoms with Crippen molar-refractivity contribution in [3.63, 3.8) is 0 Å². The minimum atomic E-state index is -0.470. The van der Waals surface area contributed by atoms with E-state index in [1.165, 1.54) is 18.2 Å². The van der Waals surface area contributed by atoms with Crippen LogP contribution in [0.4, 0.5) is 17.1 Å². The summed E-state index contributed by atoms with van der Waals surface area (Å²) in [6.45, 7) is 3.53. The molecule has 0 aliphatic heterocycles. The Balaban J connectivity index is 2.23. The molecule has 0 radical (unpaired) electrons. The number of nitro benzene ring substituents is 1. The van der Waals surface area contributed by atoms with Crippen molar-refractivity contribution in [2.75, 3.05) is 11.1 Å². The summed E-state index contributed by atoms with van der Waals surface area (Å²) in [5.41, 5.74) is 8.81. The second-order valence-electron chi connectivity index (χ2n) is 4.78. The van der Waals surface area contributed by atoms with Crippen molar-refractivity contribution in [1.82, 2.24) is 0 Å². The summed E-state index contributed by atoms with van der Waals surface area (Å²) in [6, 6.07) is 9.31. The third kappa shape index (κ3) is 3.17. The summed E-state index contributed by atoms with van der Waals surface area (Å²) in [5, 5.41) is 13.4. The van der Waals surface area contributed by atoms with Gasteiger partial charge in [-0.1, -0.05) is 0 Å². The number of amides is 1. The number of hydrogen-bond donors (Lipinski definition) is 2. The first-order chi connectivity index (χ1) is 9.88. The van der Waals surface area contributed by atoms with Crippen molar-refractivity contribution >= 4 is 23.0 Å². The number of nitrogen functional groups attached to an aromatic ring is 1. The molecule has 0 saturated carbocycles. The number of rotatable bonds is 3. The Hall–Kier alpha value is -2.89. The second kappa shape index (κ2) is 5.62. The Bertz CT molecular complexity index is 726. The van der Waals surface area contributed by atoms with E-state index in [1.807, 2.05) is 6.92 Å². The standard InChI is InChI=1S/C15H15N3O3/c1-9-7-11(3-5-13(9)16)15(19)17-14-6-4-12(18(20)21)8-10(14)2/h3-8H,16H2,1-2H3,(H,17,19). The van der Waals surface area contributed by atoms with Crippen LogP contribution in [-0.2, 0) is 0 Å². The molecule has 0 aromatic heterocycles. The molecule has 0 aliphatic rings. The van der Waals surface area contributed by atoms with E-state index in [0.29, 0.717) is 22.5 Å². The van der Waals surface area contributed by atoms with Gasteiger partial charge < -0.3 is 11.1 Å². The highest BCUT2D eigenvalue weighted by Crippen LogP contribution is 2.22. The molecule has 1 amide bonds.